The number of carbonyl (C=O) groups excluding carboxylic acids is 1. The number of rotatable bonds is 1. The van der Waals surface area contributed by atoms with E-state index in [0.717, 1.165) is 24.1 Å². The third kappa shape index (κ3) is 2.25. The lowest BCUT2D eigenvalue weighted by Gasteiger charge is -2.34. The van der Waals surface area contributed by atoms with Crippen LogP contribution in [0.4, 0.5) is 14.9 Å². The predicted octanol–water partition coefficient (Wildman–Crippen LogP) is 3.12. The van der Waals surface area contributed by atoms with Crippen molar-refractivity contribution in [2.75, 3.05) is 11.5 Å². The van der Waals surface area contributed by atoms with Crippen LogP contribution >= 0.6 is 0 Å². The Hall–Kier alpha value is -1.58. The number of aryl methyl sites for hydroxylation is 1. The van der Waals surface area contributed by atoms with Gasteiger partial charge >= 0.3 is 6.09 Å². The molecule has 2 rings (SSSR count). The quantitative estimate of drug-likeness (QED) is 0.751. The van der Waals surface area contributed by atoms with Gasteiger partial charge in [-0.3, -0.25) is 4.90 Å². The second-order valence-corrected chi connectivity index (χ2v) is 4.23. The Morgan fingerprint density at radius 2 is 2.35 bits per heavy atom. The van der Waals surface area contributed by atoms with Crippen molar-refractivity contribution in [3.8, 4) is 0 Å². The molecule has 0 radical (unpaired) electrons. The van der Waals surface area contributed by atoms with Crippen LogP contribution in [0, 0.1) is 5.82 Å². The molecule has 92 valence electrons. The molecule has 17 heavy (non-hydrogen) atoms. The van der Waals surface area contributed by atoms with Crippen LogP contribution in [0.1, 0.15) is 25.8 Å². The van der Waals surface area contributed by atoms with Gasteiger partial charge in [0.2, 0.25) is 0 Å². The van der Waals surface area contributed by atoms with Gasteiger partial charge in [0.15, 0.2) is 0 Å². The van der Waals surface area contributed by atoms with E-state index in [-0.39, 0.29) is 18.0 Å². The van der Waals surface area contributed by atoms with Crippen LogP contribution in [-0.4, -0.2) is 18.7 Å². The molecular weight excluding hydrogens is 221 g/mol. The summed E-state index contributed by atoms with van der Waals surface area (Å²) in [5, 5.41) is 0. The number of hydrogen-bond donors (Lipinski definition) is 0. The number of ether oxygens (including phenoxy) is 1. The molecule has 0 saturated carbocycles. The maximum atomic E-state index is 13.1. The fourth-order valence-corrected chi connectivity index (χ4v) is 2.19. The highest BCUT2D eigenvalue weighted by Gasteiger charge is 2.29. The van der Waals surface area contributed by atoms with Gasteiger partial charge in [-0.1, -0.05) is 0 Å². The molecular formula is C13H16FNO2. The summed E-state index contributed by atoms with van der Waals surface area (Å²) in [5.74, 6) is -0.262. The van der Waals surface area contributed by atoms with Crippen molar-refractivity contribution in [3.63, 3.8) is 0 Å². The summed E-state index contributed by atoms with van der Waals surface area (Å²) in [6, 6.07) is 4.61. The molecule has 1 aliphatic rings. The predicted molar refractivity (Wildman–Crippen MR) is 63.7 cm³/mol. The van der Waals surface area contributed by atoms with Crippen LogP contribution < -0.4 is 4.90 Å². The topological polar surface area (TPSA) is 29.5 Å². The number of amides is 1. The largest absolute Gasteiger partial charge is 0.449 e. The SMILES string of the molecule is CCOC(=O)N1c2ccc(F)cc2CC[C@@H]1C. The van der Waals surface area contributed by atoms with Crippen molar-refractivity contribution in [2.45, 2.75) is 32.7 Å². The number of halogens is 1. The summed E-state index contributed by atoms with van der Waals surface area (Å²) in [5.41, 5.74) is 1.64. The van der Waals surface area contributed by atoms with Gasteiger partial charge in [0.05, 0.1) is 12.3 Å². The van der Waals surface area contributed by atoms with Gasteiger partial charge in [-0.05, 0) is 50.5 Å². The third-order valence-corrected chi connectivity index (χ3v) is 3.04. The first-order valence-electron chi connectivity index (χ1n) is 5.88. The number of fused-ring (bicyclic) bond motifs is 1. The van der Waals surface area contributed by atoms with Crippen molar-refractivity contribution in [1.82, 2.24) is 0 Å². The smallest absolute Gasteiger partial charge is 0.414 e. The summed E-state index contributed by atoms with van der Waals surface area (Å²) in [6.07, 6.45) is 1.27. The maximum absolute atomic E-state index is 13.1. The van der Waals surface area contributed by atoms with Gasteiger partial charge in [0.25, 0.3) is 0 Å². The van der Waals surface area contributed by atoms with E-state index >= 15 is 0 Å². The van der Waals surface area contributed by atoms with Crippen LogP contribution in [0.2, 0.25) is 0 Å². The lowest BCUT2D eigenvalue weighted by molar-refractivity contribution is 0.156. The number of carbonyl (C=O) groups is 1. The van der Waals surface area contributed by atoms with Gasteiger partial charge < -0.3 is 4.74 Å². The standard InChI is InChI=1S/C13H16FNO2/c1-3-17-13(16)15-9(2)4-5-10-8-11(14)6-7-12(10)15/h6-9H,3-5H2,1-2H3/t9-/m0/s1. The Balaban J connectivity index is 2.36. The van der Waals surface area contributed by atoms with E-state index in [1.807, 2.05) is 6.92 Å². The Labute approximate surface area is 100 Å². The summed E-state index contributed by atoms with van der Waals surface area (Å²) >= 11 is 0. The van der Waals surface area contributed by atoms with Crippen molar-refractivity contribution in [1.29, 1.82) is 0 Å². The van der Waals surface area contributed by atoms with Crippen LogP contribution in [0.25, 0.3) is 0 Å². The summed E-state index contributed by atoms with van der Waals surface area (Å²) in [6.45, 7) is 4.10. The second-order valence-electron chi connectivity index (χ2n) is 4.23. The zero-order valence-electron chi connectivity index (χ0n) is 10.1. The van der Waals surface area contributed by atoms with E-state index in [4.69, 9.17) is 4.74 Å². The maximum Gasteiger partial charge on any atom is 0.414 e. The fraction of sp³-hybridized carbons (Fsp3) is 0.462. The molecule has 1 aliphatic heterocycles. The average molecular weight is 237 g/mol. The minimum absolute atomic E-state index is 0.0898. The Bertz CT molecular complexity index is 433. The Morgan fingerprint density at radius 3 is 3.06 bits per heavy atom. The molecule has 0 spiro atoms. The van der Waals surface area contributed by atoms with Crippen molar-refractivity contribution >= 4 is 11.8 Å². The Morgan fingerprint density at radius 1 is 1.59 bits per heavy atom. The minimum Gasteiger partial charge on any atom is -0.449 e. The zero-order valence-corrected chi connectivity index (χ0v) is 10.1. The average Bonchev–Trinajstić information content (AvgIpc) is 2.29. The second kappa shape index (κ2) is 4.73. The van der Waals surface area contributed by atoms with Crippen LogP contribution in [0.15, 0.2) is 18.2 Å². The van der Waals surface area contributed by atoms with Crippen molar-refractivity contribution in [2.24, 2.45) is 0 Å². The zero-order chi connectivity index (χ0) is 12.4. The fourth-order valence-electron chi connectivity index (χ4n) is 2.19. The van der Waals surface area contributed by atoms with E-state index in [1.165, 1.54) is 12.1 Å². The van der Waals surface area contributed by atoms with E-state index in [9.17, 15) is 9.18 Å². The Kier molecular flexibility index (Phi) is 3.31. The molecule has 0 aliphatic carbocycles. The van der Waals surface area contributed by atoms with Gasteiger partial charge in [-0.15, -0.1) is 0 Å². The van der Waals surface area contributed by atoms with Gasteiger partial charge in [0, 0.05) is 6.04 Å². The third-order valence-electron chi connectivity index (χ3n) is 3.04. The van der Waals surface area contributed by atoms with Gasteiger partial charge in [0.1, 0.15) is 5.82 Å². The summed E-state index contributed by atoms with van der Waals surface area (Å²) in [4.78, 5) is 13.5. The van der Waals surface area contributed by atoms with Gasteiger partial charge in [-0.25, -0.2) is 9.18 Å². The molecule has 0 aromatic heterocycles. The lowest BCUT2D eigenvalue weighted by atomic mass is 9.97. The molecule has 0 bridgehead atoms. The highest BCUT2D eigenvalue weighted by atomic mass is 19.1. The molecule has 0 fully saturated rings. The first-order chi connectivity index (χ1) is 8.13. The first kappa shape index (κ1) is 11.9. The number of benzene rings is 1. The first-order valence-corrected chi connectivity index (χ1v) is 5.88. The monoisotopic (exact) mass is 237 g/mol. The summed E-state index contributed by atoms with van der Waals surface area (Å²) in [7, 11) is 0. The number of nitrogens with zero attached hydrogens (tertiary/aromatic N) is 1. The normalized spacial score (nSPS) is 18.8. The molecule has 1 amide bonds. The van der Waals surface area contributed by atoms with Crippen LogP contribution in [0.3, 0.4) is 0 Å². The highest BCUT2D eigenvalue weighted by Crippen LogP contribution is 2.31. The number of anilines is 1. The molecule has 1 aromatic rings. The molecule has 3 nitrogen and oxygen atoms in total. The summed E-state index contributed by atoms with van der Waals surface area (Å²) < 4.78 is 18.2. The number of hydrogen-bond acceptors (Lipinski definition) is 2. The van der Waals surface area contributed by atoms with Crippen molar-refractivity contribution in [3.05, 3.63) is 29.6 Å². The highest BCUT2D eigenvalue weighted by molar-refractivity contribution is 5.89. The molecule has 4 heteroatoms. The van der Waals surface area contributed by atoms with E-state index in [1.54, 1.807) is 17.9 Å². The lowest BCUT2D eigenvalue weighted by Crippen LogP contribution is -2.42. The van der Waals surface area contributed by atoms with Crippen molar-refractivity contribution < 1.29 is 13.9 Å². The molecule has 0 unspecified atom stereocenters. The molecule has 0 N–H and O–H groups in total. The van der Waals surface area contributed by atoms with Crippen LogP contribution in [0.5, 0.6) is 0 Å². The molecule has 0 saturated heterocycles. The van der Waals surface area contributed by atoms with E-state index in [0.29, 0.717) is 6.61 Å². The van der Waals surface area contributed by atoms with Crippen LogP contribution in [-0.2, 0) is 11.2 Å². The van der Waals surface area contributed by atoms with Gasteiger partial charge in [-0.2, -0.15) is 0 Å². The molecule has 1 heterocycles. The molecule has 1 atom stereocenters. The van der Waals surface area contributed by atoms with E-state index in [2.05, 4.69) is 0 Å². The molecule has 1 aromatic carbocycles. The minimum atomic E-state index is -0.354. The van der Waals surface area contributed by atoms with E-state index < -0.39 is 0 Å².